The van der Waals surface area contributed by atoms with Crippen LogP contribution in [0.4, 0.5) is 5.69 Å². The Morgan fingerprint density at radius 2 is 1.77 bits per heavy atom. The summed E-state index contributed by atoms with van der Waals surface area (Å²) in [7, 11) is 0. The second kappa shape index (κ2) is 14.2. The molecule has 1 aliphatic heterocycles. The maximum Gasteiger partial charge on any atom is 0.251 e. The van der Waals surface area contributed by atoms with E-state index < -0.39 is 12.1 Å². The SMILES string of the molecule is Cc1cc(C(=O)N[C@@H]2CCNC2=O)ccc1-c1ccc(C[C@H](NC(=O)[C@H]2CC[C@H](CN)CC2)C(=O)Nc2ccc3cn[nH]c3c2)cc1. The van der Waals surface area contributed by atoms with Gasteiger partial charge in [0.15, 0.2) is 0 Å². The number of amides is 4. The number of nitrogens with zero attached hydrogens (tertiary/aromatic N) is 1. The number of carbonyl (C=O) groups excluding carboxylic acids is 4. The van der Waals surface area contributed by atoms with Crippen molar-refractivity contribution in [3.8, 4) is 11.1 Å². The quantitative estimate of drug-likeness (QED) is 0.156. The fourth-order valence-electron chi connectivity index (χ4n) is 6.56. The van der Waals surface area contributed by atoms with Gasteiger partial charge in [-0.3, -0.25) is 24.3 Å². The zero-order chi connectivity index (χ0) is 32.9. The number of carbonyl (C=O) groups is 4. The van der Waals surface area contributed by atoms with Crippen LogP contribution in [0.3, 0.4) is 0 Å². The van der Waals surface area contributed by atoms with Gasteiger partial charge in [0, 0.05) is 35.5 Å². The molecule has 0 radical (unpaired) electrons. The lowest BCUT2D eigenvalue weighted by Gasteiger charge is -2.28. The van der Waals surface area contributed by atoms with Gasteiger partial charge >= 0.3 is 0 Å². The molecule has 0 spiro atoms. The summed E-state index contributed by atoms with van der Waals surface area (Å²) in [6.45, 7) is 3.14. The highest BCUT2D eigenvalue weighted by Crippen LogP contribution is 2.29. The molecule has 11 heteroatoms. The Morgan fingerprint density at radius 3 is 2.47 bits per heavy atom. The van der Waals surface area contributed by atoms with E-state index in [-0.39, 0.29) is 29.5 Å². The van der Waals surface area contributed by atoms with Gasteiger partial charge in [-0.2, -0.15) is 5.10 Å². The predicted octanol–water partition coefficient (Wildman–Crippen LogP) is 3.59. The maximum atomic E-state index is 13.6. The Bertz CT molecular complexity index is 1780. The third-order valence-electron chi connectivity index (χ3n) is 9.44. The minimum atomic E-state index is -0.778. The largest absolute Gasteiger partial charge is 0.354 e. The van der Waals surface area contributed by atoms with E-state index in [4.69, 9.17) is 5.73 Å². The second-order valence-electron chi connectivity index (χ2n) is 12.7. The van der Waals surface area contributed by atoms with Crippen LogP contribution in [0.1, 0.15) is 53.6 Å². The molecular weight excluding hydrogens is 594 g/mol. The summed E-state index contributed by atoms with van der Waals surface area (Å²) in [5.74, 6) is -0.519. The average Bonchev–Trinajstić information content (AvgIpc) is 3.72. The van der Waals surface area contributed by atoms with Crippen LogP contribution in [0.15, 0.2) is 66.9 Å². The van der Waals surface area contributed by atoms with E-state index >= 15 is 0 Å². The molecule has 1 aliphatic carbocycles. The fraction of sp³-hybridized carbons (Fsp3) is 0.361. The van der Waals surface area contributed by atoms with Crippen molar-refractivity contribution in [2.24, 2.45) is 17.6 Å². The summed E-state index contributed by atoms with van der Waals surface area (Å²) >= 11 is 0. The highest BCUT2D eigenvalue weighted by molar-refractivity contribution is 6.00. The van der Waals surface area contributed by atoms with E-state index in [0.717, 1.165) is 58.8 Å². The van der Waals surface area contributed by atoms with Crippen LogP contribution in [-0.2, 0) is 20.8 Å². The molecule has 11 nitrogen and oxygen atoms in total. The summed E-state index contributed by atoms with van der Waals surface area (Å²) in [6, 6.07) is 17.6. The van der Waals surface area contributed by atoms with E-state index in [1.807, 2.05) is 61.5 Å². The van der Waals surface area contributed by atoms with Crippen molar-refractivity contribution in [1.82, 2.24) is 26.1 Å². The highest BCUT2D eigenvalue weighted by atomic mass is 16.2. The second-order valence-corrected chi connectivity index (χ2v) is 12.7. The van der Waals surface area contributed by atoms with Gasteiger partial charge in [-0.05, 0) is 104 Å². The van der Waals surface area contributed by atoms with Crippen LogP contribution in [0.2, 0.25) is 0 Å². The van der Waals surface area contributed by atoms with Crippen molar-refractivity contribution in [3.05, 3.63) is 83.6 Å². The number of hydrogen-bond acceptors (Lipinski definition) is 6. The number of aromatic amines is 1. The van der Waals surface area contributed by atoms with E-state index in [1.165, 1.54) is 0 Å². The Morgan fingerprint density at radius 1 is 0.979 bits per heavy atom. The molecule has 1 saturated heterocycles. The number of H-pyrrole nitrogens is 1. The van der Waals surface area contributed by atoms with E-state index in [2.05, 4.69) is 31.5 Å². The van der Waals surface area contributed by atoms with Crippen LogP contribution in [0, 0.1) is 18.8 Å². The zero-order valence-electron chi connectivity index (χ0n) is 26.5. The van der Waals surface area contributed by atoms with Crippen molar-refractivity contribution in [2.75, 3.05) is 18.4 Å². The molecule has 4 aromatic rings. The molecule has 0 bridgehead atoms. The minimum absolute atomic E-state index is 0.102. The van der Waals surface area contributed by atoms with E-state index in [0.29, 0.717) is 43.1 Å². The zero-order valence-corrected chi connectivity index (χ0v) is 26.5. The summed E-state index contributed by atoms with van der Waals surface area (Å²) in [6.07, 6.45) is 5.98. The lowest BCUT2D eigenvalue weighted by molar-refractivity contribution is -0.130. The Kier molecular flexibility index (Phi) is 9.63. The Labute approximate surface area is 273 Å². The number of hydrogen-bond donors (Lipinski definition) is 6. The van der Waals surface area contributed by atoms with Gasteiger partial charge in [0.25, 0.3) is 5.91 Å². The molecular formula is C36H41N7O4. The van der Waals surface area contributed by atoms with E-state index in [9.17, 15) is 19.2 Å². The lowest BCUT2D eigenvalue weighted by Crippen LogP contribution is -2.48. The lowest BCUT2D eigenvalue weighted by atomic mass is 9.81. The van der Waals surface area contributed by atoms with Gasteiger partial charge in [-0.1, -0.05) is 30.3 Å². The summed E-state index contributed by atoms with van der Waals surface area (Å²) < 4.78 is 0. The van der Waals surface area contributed by atoms with Crippen LogP contribution >= 0.6 is 0 Å². The molecule has 244 valence electrons. The van der Waals surface area contributed by atoms with Crippen molar-refractivity contribution >= 4 is 40.2 Å². The first-order valence-electron chi connectivity index (χ1n) is 16.3. The van der Waals surface area contributed by atoms with Gasteiger partial charge in [0.05, 0.1) is 11.7 Å². The Balaban J connectivity index is 1.15. The summed E-state index contributed by atoms with van der Waals surface area (Å²) in [5, 5.41) is 19.5. The number of nitrogens with one attached hydrogen (secondary N) is 5. The molecule has 6 rings (SSSR count). The van der Waals surface area contributed by atoms with Crippen LogP contribution in [-0.4, -0.2) is 59.0 Å². The number of aromatic nitrogens is 2. The monoisotopic (exact) mass is 635 g/mol. The minimum Gasteiger partial charge on any atom is -0.354 e. The number of anilines is 1. The third-order valence-corrected chi connectivity index (χ3v) is 9.44. The molecule has 2 aliphatic rings. The van der Waals surface area contributed by atoms with Crippen molar-refractivity contribution in [1.29, 1.82) is 0 Å². The molecule has 4 amide bonds. The fourth-order valence-corrected chi connectivity index (χ4v) is 6.56. The van der Waals surface area contributed by atoms with Gasteiger partial charge in [-0.25, -0.2) is 0 Å². The topological polar surface area (TPSA) is 171 Å². The van der Waals surface area contributed by atoms with Gasteiger partial charge in [0.2, 0.25) is 17.7 Å². The first kappa shape index (κ1) is 31.9. The molecule has 2 fully saturated rings. The van der Waals surface area contributed by atoms with Crippen molar-refractivity contribution < 1.29 is 19.2 Å². The first-order chi connectivity index (χ1) is 22.8. The van der Waals surface area contributed by atoms with Crippen molar-refractivity contribution in [3.63, 3.8) is 0 Å². The van der Waals surface area contributed by atoms with Gasteiger partial charge in [0.1, 0.15) is 12.1 Å². The smallest absolute Gasteiger partial charge is 0.251 e. The number of fused-ring (bicyclic) bond motifs is 1. The highest BCUT2D eigenvalue weighted by Gasteiger charge is 2.30. The average molecular weight is 636 g/mol. The van der Waals surface area contributed by atoms with E-state index in [1.54, 1.807) is 12.3 Å². The molecule has 2 atom stereocenters. The number of aryl methyl sites for hydroxylation is 1. The first-order valence-corrected chi connectivity index (χ1v) is 16.3. The molecule has 47 heavy (non-hydrogen) atoms. The summed E-state index contributed by atoms with van der Waals surface area (Å²) in [4.78, 5) is 51.6. The molecule has 0 unspecified atom stereocenters. The summed E-state index contributed by atoms with van der Waals surface area (Å²) in [5.41, 5.74) is 11.5. The van der Waals surface area contributed by atoms with Gasteiger partial charge < -0.3 is 27.0 Å². The van der Waals surface area contributed by atoms with Crippen molar-refractivity contribution in [2.45, 2.75) is 57.5 Å². The molecule has 1 saturated carbocycles. The number of nitrogens with two attached hydrogens (primary N) is 1. The van der Waals surface area contributed by atoms with Crippen LogP contribution < -0.4 is 27.0 Å². The van der Waals surface area contributed by atoms with Gasteiger partial charge in [-0.15, -0.1) is 0 Å². The number of benzene rings is 3. The molecule has 7 N–H and O–H groups in total. The third kappa shape index (κ3) is 7.52. The normalized spacial score (nSPS) is 20.0. The van der Waals surface area contributed by atoms with Crippen LogP contribution in [0.25, 0.3) is 22.0 Å². The predicted molar refractivity (Wildman–Crippen MR) is 180 cm³/mol. The number of rotatable bonds is 10. The Hall–Kier alpha value is -5.03. The molecule has 3 aromatic carbocycles. The van der Waals surface area contributed by atoms with Crippen LogP contribution in [0.5, 0.6) is 0 Å². The maximum absolute atomic E-state index is 13.6. The molecule has 1 aromatic heterocycles. The standard InChI is InChI=1S/C36H41N7O4/c1-21-16-26(34(45)41-30-14-15-38-35(30)46)11-13-29(21)24-6-2-22(3-7-24)17-32(42-33(44)25-8-4-23(19-37)5-9-25)36(47)40-28-12-10-27-20-39-43-31(27)18-28/h2-3,6-7,10-13,16,18,20,23,25,30,32H,4-5,8-9,14-15,17,19,37H2,1H3,(H,38,46)(H,39,43)(H,40,47)(H,41,45)(H,42,44)/t23-,25-,30-,32+/m1/s1. The molecule has 2 heterocycles.